The minimum Gasteiger partial charge on any atom is -1.00 e. The van der Waals surface area contributed by atoms with E-state index in [1.807, 2.05) is 0 Å². The molecule has 2 heteroatoms. The monoisotopic (exact) mass is 298 g/mol. The van der Waals surface area contributed by atoms with E-state index in [-0.39, 0.29) is 35.5 Å². The van der Waals surface area contributed by atoms with Gasteiger partial charge in [-0.3, -0.25) is 0 Å². The van der Waals surface area contributed by atoms with Crippen molar-refractivity contribution in [3.8, 4) is 0 Å². The SMILES string of the molecule is [CH2-]CC(C)CCCCCCCC(C)CCCC.[Cl-].[Mg+2]. The van der Waals surface area contributed by atoms with Crippen LogP contribution >= 0.6 is 0 Å². The predicted octanol–water partition coefficient (Wildman–Crippen LogP) is 3.03. The molecule has 0 aliphatic rings. The summed E-state index contributed by atoms with van der Waals surface area (Å²) in [4.78, 5) is 0. The molecule has 0 rings (SSSR count). The van der Waals surface area contributed by atoms with Gasteiger partial charge in [0.05, 0.1) is 0 Å². The van der Waals surface area contributed by atoms with Gasteiger partial charge in [0, 0.05) is 0 Å². The Hall–Kier alpha value is 1.06. The molecule has 0 nitrogen and oxygen atoms in total. The molecule has 2 unspecified atom stereocenters. The Morgan fingerprint density at radius 2 is 1.16 bits per heavy atom. The van der Waals surface area contributed by atoms with Gasteiger partial charge in [-0.25, -0.2) is 0 Å². The van der Waals surface area contributed by atoms with Gasteiger partial charge in [0.25, 0.3) is 0 Å². The molecule has 0 N–H and O–H groups in total. The third-order valence-corrected chi connectivity index (χ3v) is 3.94. The second-order valence-corrected chi connectivity index (χ2v) is 5.99. The van der Waals surface area contributed by atoms with Gasteiger partial charge in [0.2, 0.25) is 0 Å². The quantitative estimate of drug-likeness (QED) is 0.295. The van der Waals surface area contributed by atoms with Gasteiger partial charge in [0.1, 0.15) is 0 Å². The number of rotatable bonds is 12. The molecule has 2 atom stereocenters. The fourth-order valence-corrected chi connectivity index (χ4v) is 2.36. The molecule has 0 heterocycles. The molecular formula is C17H35ClMg. The van der Waals surface area contributed by atoms with Gasteiger partial charge >= 0.3 is 23.1 Å². The number of halogens is 1. The summed E-state index contributed by atoms with van der Waals surface area (Å²) in [6, 6.07) is 0. The van der Waals surface area contributed by atoms with Crippen molar-refractivity contribution in [2.24, 2.45) is 11.8 Å². The maximum absolute atomic E-state index is 3.96. The van der Waals surface area contributed by atoms with Crippen molar-refractivity contribution < 1.29 is 12.4 Å². The summed E-state index contributed by atoms with van der Waals surface area (Å²) in [6.45, 7) is 11.0. The van der Waals surface area contributed by atoms with Gasteiger partial charge < -0.3 is 19.3 Å². The van der Waals surface area contributed by atoms with Crippen LogP contribution in [0.15, 0.2) is 0 Å². The zero-order valence-corrected chi connectivity index (χ0v) is 15.9. The van der Waals surface area contributed by atoms with E-state index in [9.17, 15) is 0 Å². The molecule has 112 valence electrons. The summed E-state index contributed by atoms with van der Waals surface area (Å²) in [5.41, 5.74) is 0. The Balaban J connectivity index is -0.00000128. The summed E-state index contributed by atoms with van der Waals surface area (Å²) in [7, 11) is 0. The molecule has 0 aromatic heterocycles. The fourth-order valence-electron chi connectivity index (χ4n) is 2.36. The van der Waals surface area contributed by atoms with E-state index in [2.05, 4.69) is 27.7 Å². The first-order valence-electron chi connectivity index (χ1n) is 7.99. The van der Waals surface area contributed by atoms with E-state index < -0.39 is 0 Å². The van der Waals surface area contributed by atoms with E-state index in [0.29, 0.717) is 0 Å². The maximum atomic E-state index is 3.96. The molecule has 0 saturated carbocycles. The third-order valence-electron chi connectivity index (χ3n) is 3.94. The van der Waals surface area contributed by atoms with Crippen LogP contribution < -0.4 is 12.4 Å². The molecule has 0 aliphatic carbocycles. The molecule has 0 aromatic rings. The van der Waals surface area contributed by atoms with Crippen molar-refractivity contribution in [1.82, 2.24) is 0 Å². The minimum absolute atomic E-state index is 0. The van der Waals surface area contributed by atoms with Crippen LogP contribution in [0.2, 0.25) is 0 Å². The summed E-state index contributed by atoms with van der Waals surface area (Å²) in [6.07, 6.45) is 15.4. The van der Waals surface area contributed by atoms with Crippen molar-refractivity contribution >= 4 is 23.1 Å². The minimum atomic E-state index is 0. The molecule has 0 bridgehead atoms. The Morgan fingerprint density at radius 3 is 1.63 bits per heavy atom. The van der Waals surface area contributed by atoms with E-state index >= 15 is 0 Å². The Morgan fingerprint density at radius 1 is 0.737 bits per heavy atom. The molecule has 0 fully saturated rings. The molecule has 0 aromatic carbocycles. The first-order chi connectivity index (χ1) is 8.20. The van der Waals surface area contributed by atoms with Crippen molar-refractivity contribution in [2.75, 3.05) is 0 Å². The Labute approximate surface area is 145 Å². The first kappa shape index (κ1) is 25.0. The predicted molar refractivity (Wildman–Crippen MR) is 85.9 cm³/mol. The van der Waals surface area contributed by atoms with Crippen molar-refractivity contribution in [3.63, 3.8) is 0 Å². The molecule has 0 spiro atoms. The zero-order valence-electron chi connectivity index (χ0n) is 13.7. The van der Waals surface area contributed by atoms with Gasteiger partial charge in [-0.2, -0.15) is 6.42 Å². The average molecular weight is 299 g/mol. The van der Waals surface area contributed by atoms with Gasteiger partial charge in [0.15, 0.2) is 0 Å². The second-order valence-electron chi connectivity index (χ2n) is 5.99. The fraction of sp³-hybridized carbons (Fsp3) is 0.941. The van der Waals surface area contributed by atoms with Crippen molar-refractivity contribution in [2.45, 2.75) is 91.4 Å². The van der Waals surface area contributed by atoms with E-state index in [4.69, 9.17) is 0 Å². The third kappa shape index (κ3) is 19.1. The van der Waals surface area contributed by atoms with E-state index in [1.54, 1.807) is 0 Å². The summed E-state index contributed by atoms with van der Waals surface area (Å²) in [5, 5.41) is 0. The summed E-state index contributed by atoms with van der Waals surface area (Å²) < 4.78 is 0. The van der Waals surface area contributed by atoms with E-state index in [0.717, 1.165) is 18.3 Å². The zero-order chi connectivity index (χ0) is 12.9. The normalized spacial score (nSPS) is 13.3. The van der Waals surface area contributed by atoms with Crippen molar-refractivity contribution in [1.29, 1.82) is 0 Å². The van der Waals surface area contributed by atoms with Crippen LogP contribution in [0.1, 0.15) is 91.4 Å². The van der Waals surface area contributed by atoms with Gasteiger partial charge in [-0.15, -0.1) is 0 Å². The van der Waals surface area contributed by atoms with Gasteiger partial charge in [-0.05, 0) is 5.92 Å². The standard InChI is InChI=1S/C17H35.ClH.Mg/c1-5-7-13-17(4)15-12-10-8-9-11-14-16(3)6-2;;/h16-17H,2,5-15H2,1,3-4H3;1H;/q-1;;+2/p-1. The molecule has 0 amide bonds. The number of hydrogen-bond donors (Lipinski definition) is 0. The van der Waals surface area contributed by atoms with Crippen LogP contribution in [0.5, 0.6) is 0 Å². The van der Waals surface area contributed by atoms with Crippen LogP contribution in [-0.4, -0.2) is 23.1 Å². The topological polar surface area (TPSA) is 0 Å². The molecule has 19 heavy (non-hydrogen) atoms. The van der Waals surface area contributed by atoms with Crippen molar-refractivity contribution in [3.05, 3.63) is 6.92 Å². The van der Waals surface area contributed by atoms with Crippen LogP contribution in [0.25, 0.3) is 0 Å². The Bertz CT molecular complexity index is 150. The summed E-state index contributed by atoms with van der Waals surface area (Å²) in [5.74, 6) is 1.80. The maximum Gasteiger partial charge on any atom is 2.00 e. The molecule has 0 radical (unpaired) electrons. The number of hydrogen-bond acceptors (Lipinski definition) is 0. The van der Waals surface area contributed by atoms with Crippen LogP contribution in [-0.2, 0) is 0 Å². The van der Waals surface area contributed by atoms with Crippen LogP contribution in [0.4, 0.5) is 0 Å². The Kier molecular flexibility index (Phi) is 25.1. The smallest absolute Gasteiger partial charge is 1.00 e. The molecular weight excluding hydrogens is 264 g/mol. The van der Waals surface area contributed by atoms with Gasteiger partial charge in [-0.1, -0.05) is 90.9 Å². The summed E-state index contributed by atoms with van der Waals surface area (Å²) >= 11 is 0. The first-order valence-corrected chi connectivity index (χ1v) is 7.99. The van der Waals surface area contributed by atoms with E-state index in [1.165, 1.54) is 64.2 Å². The molecule has 0 saturated heterocycles. The van der Waals surface area contributed by atoms with Crippen LogP contribution in [0, 0.1) is 18.8 Å². The average Bonchev–Trinajstić information content (AvgIpc) is 2.34. The number of unbranched alkanes of at least 4 members (excludes halogenated alkanes) is 5. The largest absolute Gasteiger partial charge is 2.00 e. The second kappa shape index (κ2) is 19.1. The molecule has 0 aliphatic heterocycles. The van der Waals surface area contributed by atoms with Crippen LogP contribution in [0.3, 0.4) is 0 Å².